The molecule has 16 heavy (non-hydrogen) atoms. The Balaban J connectivity index is 2.69. The fourth-order valence-electron chi connectivity index (χ4n) is 1.07. The van der Waals surface area contributed by atoms with E-state index in [0.717, 1.165) is 0 Å². The first kappa shape index (κ1) is 12.6. The summed E-state index contributed by atoms with van der Waals surface area (Å²) in [5, 5.41) is 0.0363. The summed E-state index contributed by atoms with van der Waals surface area (Å²) in [5.74, 6) is -0.496. The lowest BCUT2D eigenvalue weighted by molar-refractivity contribution is -0.129. The fourth-order valence-corrected chi connectivity index (χ4v) is 1.26. The Morgan fingerprint density at radius 3 is 2.44 bits per heavy atom. The fraction of sp³-hybridized carbons (Fsp3) is 0.400. The van der Waals surface area contributed by atoms with E-state index < -0.39 is 0 Å². The van der Waals surface area contributed by atoms with Crippen LogP contribution in [-0.2, 0) is 4.79 Å². The number of nitrogens with zero attached hydrogens (tertiary/aromatic N) is 2. The highest BCUT2D eigenvalue weighted by Gasteiger charge is 2.19. The first-order valence-electron chi connectivity index (χ1n) is 4.62. The van der Waals surface area contributed by atoms with Gasteiger partial charge in [0.15, 0.2) is 0 Å². The van der Waals surface area contributed by atoms with Gasteiger partial charge in [-0.25, -0.2) is 0 Å². The molecule has 5 nitrogen and oxygen atoms in total. The number of amides is 2. The summed E-state index contributed by atoms with van der Waals surface area (Å²) in [6, 6.07) is 1.47. The van der Waals surface area contributed by atoms with E-state index in [9.17, 15) is 9.59 Å². The lowest BCUT2D eigenvalue weighted by atomic mass is 10.3. The van der Waals surface area contributed by atoms with Gasteiger partial charge in [-0.1, -0.05) is 0 Å². The minimum atomic E-state index is -0.339. The third-order valence-corrected chi connectivity index (χ3v) is 2.36. The Bertz CT molecular complexity index is 401. The molecule has 0 spiro atoms. The molecule has 1 aromatic heterocycles. The van der Waals surface area contributed by atoms with E-state index in [1.165, 1.54) is 29.2 Å². The number of hydrogen-bond donors (Lipinski definition) is 0. The average Bonchev–Trinajstić information content (AvgIpc) is 2.62. The highest BCUT2D eigenvalue weighted by atomic mass is 35.5. The van der Waals surface area contributed by atoms with Crippen LogP contribution in [0.4, 0.5) is 0 Å². The second-order valence-corrected chi connectivity index (χ2v) is 3.90. The van der Waals surface area contributed by atoms with E-state index >= 15 is 0 Å². The number of carbonyl (C=O) groups excluding carboxylic acids is 2. The quantitative estimate of drug-likeness (QED) is 0.800. The molecule has 6 heteroatoms. The Morgan fingerprint density at radius 1 is 1.38 bits per heavy atom. The number of carbonyl (C=O) groups is 2. The Labute approximate surface area is 98.6 Å². The molecule has 0 N–H and O–H groups in total. The summed E-state index contributed by atoms with van der Waals surface area (Å²) >= 11 is 5.67. The number of halogens is 1. The molecule has 0 radical (unpaired) electrons. The van der Waals surface area contributed by atoms with Gasteiger partial charge >= 0.3 is 0 Å². The Morgan fingerprint density at radius 2 is 2.00 bits per heavy atom. The summed E-state index contributed by atoms with van der Waals surface area (Å²) in [5.41, 5.74) is 0.260. The van der Waals surface area contributed by atoms with Gasteiger partial charge in [-0.05, 0) is 17.7 Å². The Kier molecular flexibility index (Phi) is 3.95. The molecule has 0 saturated heterocycles. The molecule has 0 unspecified atom stereocenters. The van der Waals surface area contributed by atoms with Gasteiger partial charge in [-0.15, -0.1) is 0 Å². The second-order valence-electron chi connectivity index (χ2n) is 3.56. The molecule has 0 aliphatic rings. The molecule has 88 valence electrons. The molecule has 0 atom stereocenters. The van der Waals surface area contributed by atoms with Crippen LogP contribution in [0.1, 0.15) is 10.4 Å². The van der Waals surface area contributed by atoms with Crippen LogP contribution in [0.5, 0.6) is 0 Å². The van der Waals surface area contributed by atoms with Gasteiger partial charge in [0.05, 0.1) is 18.4 Å². The van der Waals surface area contributed by atoms with Gasteiger partial charge < -0.3 is 14.2 Å². The maximum absolute atomic E-state index is 11.8. The third kappa shape index (κ3) is 2.76. The summed E-state index contributed by atoms with van der Waals surface area (Å²) in [4.78, 5) is 25.9. The molecule has 0 aliphatic carbocycles. The van der Waals surface area contributed by atoms with Crippen LogP contribution >= 0.6 is 11.6 Å². The predicted octanol–water partition coefficient (Wildman–Crippen LogP) is 1.09. The second kappa shape index (κ2) is 5.03. The van der Waals surface area contributed by atoms with Crippen molar-refractivity contribution in [3.8, 4) is 0 Å². The number of furan rings is 1. The highest BCUT2D eigenvalue weighted by Crippen LogP contribution is 2.17. The summed E-state index contributed by atoms with van der Waals surface area (Å²) in [6.45, 7) is 0.00728. The van der Waals surface area contributed by atoms with E-state index in [4.69, 9.17) is 16.0 Å². The zero-order valence-corrected chi connectivity index (χ0v) is 10.1. The van der Waals surface area contributed by atoms with Crippen molar-refractivity contribution in [1.82, 2.24) is 9.80 Å². The summed E-state index contributed by atoms with van der Waals surface area (Å²) < 4.78 is 4.81. The highest BCUT2D eigenvalue weighted by molar-refractivity contribution is 6.32. The largest absolute Gasteiger partial charge is 0.452 e. The van der Waals surface area contributed by atoms with Gasteiger partial charge in [-0.3, -0.25) is 9.59 Å². The van der Waals surface area contributed by atoms with Gasteiger partial charge in [-0.2, -0.15) is 0 Å². The van der Waals surface area contributed by atoms with Crippen LogP contribution in [-0.4, -0.2) is 49.3 Å². The molecule has 0 aliphatic heterocycles. The van der Waals surface area contributed by atoms with Crippen molar-refractivity contribution >= 4 is 23.4 Å². The van der Waals surface area contributed by atoms with E-state index in [0.29, 0.717) is 0 Å². The standard InChI is InChI=1S/C10H13ClN2O3/c1-12(2)8(14)6-13(3)10(15)7-4-5-16-9(7)11/h4-5H,6H2,1-3H3. The third-order valence-electron chi connectivity index (χ3n) is 2.07. The van der Waals surface area contributed by atoms with Crippen LogP contribution in [0.15, 0.2) is 16.7 Å². The number of hydrogen-bond acceptors (Lipinski definition) is 3. The van der Waals surface area contributed by atoms with Crippen LogP contribution in [0, 0.1) is 0 Å². The van der Waals surface area contributed by atoms with E-state index in [1.54, 1.807) is 14.1 Å². The minimum Gasteiger partial charge on any atom is -0.452 e. The van der Waals surface area contributed by atoms with E-state index in [-0.39, 0.29) is 29.1 Å². The maximum Gasteiger partial charge on any atom is 0.258 e. The smallest absolute Gasteiger partial charge is 0.258 e. The zero-order chi connectivity index (χ0) is 12.3. The van der Waals surface area contributed by atoms with Crippen LogP contribution in [0.25, 0.3) is 0 Å². The lowest BCUT2D eigenvalue weighted by Crippen LogP contribution is -2.37. The first-order valence-corrected chi connectivity index (χ1v) is 5.00. The number of likely N-dealkylation sites (N-methyl/N-ethyl adjacent to an activating group) is 2. The summed E-state index contributed by atoms with van der Waals surface area (Å²) in [6.07, 6.45) is 1.33. The lowest BCUT2D eigenvalue weighted by Gasteiger charge is -2.18. The van der Waals surface area contributed by atoms with Crippen LogP contribution < -0.4 is 0 Å². The number of rotatable bonds is 3. The van der Waals surface area contributed by atoms with Crippen molar-refractivity contribution in [3.63, 3.8) is 0 Å². The molecule has 1 heterocycles. The van der Waals surface area contributed by atoms with Crippen LogP contribution in [0.2, 0.25) is 5.22 Å². The summed E-state index contributed by atoms with van der Waals surface area (Å²) in [7, 11) is 4.80. The van der Waals surface area contributed by atoms with Gasteiger partial charge in [0.25, 0.3) is 5.91 Å². The normalized spacial score (nSPS) is 10.0. The molecule has 1 rings (SSSR count). The molecule has 0 fully saturated rings. The average molecular weight is 245 g/mol. The van der Waals surface area contributed by atoms with Crippen molar-refractivity contribution in [2.45, 2.75) is 0 Å². The first-order chi connectivity index (χ1) is 7.43. The predicted molar refractivity (Wildman–Crippen MR) is 59.4 cm³/mol. The van der Waals surface area contributed by atoms with Crippen molar-refractivity contribution < 1.29 is 14.0 Å². The van der Waals surface area contributed by atoms with E-state index in [2.05, 4.69) is 0 Å². The molecule has 0 saturated carbocycles. The zero-order valence-electron chi connectivity index (χ0n) is 9.36. The maximum atomic E-state index is 11.8. The molecule has 1 aromatic rings. The van der Waals surface area contributed by atoms with Crippen molar-refractivity contribution in [1.29, 1.82) is 0 Å². The van der Waals surface area contributed by atoms with E-state index in [1.807, 2.05) is 0 Å². The monoisotopic (exact) mass is 244 g/mol. The van der Waals surface area contributed by atoms with Gasteiger partial charge in [0.2, 0.25) is 11.1 Å². The molecular formula is C10H13ClN2O3. The van der Waals surface area contributed by atoms with Gasteiger partial charge in [0, 0.05) is 21.1 Å². The molecule has 2 amide bonds. The molecule has 0 aromatic carbocycles. The van der Waals surface area contributed by atoms with Crippen molar-refractivity contribution in [3.05, 3.63) is 23.1 Å². The SMILES string of the molecule is CN(C)C(=O)CN(C)C(=O)c1ccoc1Cl. The Hall–Kier alpha value is -1.49. The minimum absolute atomic E-state index is 0.00728. The van der Waals surface area contributed by atoms with Gasteiger partial charge in [0.1, 0.15) is 0 Å². The topological polar surface area (TPSA) is 53.8 Å². The van der Waals surface area contributed by atoms with Crippen molar-refractivity contribution in [2.24, 2.45) is 0 Å². The van der Waals surface area contributed by atoms with Crippen molar-refractivity contribution in [2.75, 3.05) is 27.7 Å². The van der Waals surface area contributed by atoms with Crippen LogP contribution in [0.3, 0.4) is 0 Å². The molecule has 0 bridgehead atoms. The molecular weight excluding hydrogens is 232 g/mol.